The van der Waals surface area contributed by atoms with Gasteiger partial charge in [-0.2, -0.15) is 5.21 Å². The number of benzene rings is 3. The zero-order chi connectivity index (χ0) is 24.5. The van der Waals surface area contributed by atoms with Crippen LogP contribution in [0.5, 0.6) is 0 Å². The second-order valence-corrected chi connectivity index (χ2v) is 7.67. The van der Waals surface area contributed by atoms with Crippen LogP contribution < -0.4 is 4.90 Å². The summed E-state index contributed by atoms with van der Waals surface area (Å²) in [4.78, 5) is 38.4. The number of aliphatic hydroxyl groups excluding tert-OH is 1. The number of carbonyl (C=O) groups is 2. The highest BCUT2D eigenvalue weighted by Crippen LogP contribution is 2.43. The van der Waals surface area contributed by atoms with E-state index in [1.165, 1.54) is 29.2 Å². The number of aromatic nitrogens is 4. The van der Waals surface area contributed by atoms with Crippen LogP contribution in [0.2, 0.25) is 0 Å². The van der Waals surface area contributed by atoms with Crippen LogP contribution in [0, 0.1) is 10.1 Å². The topological polar surface area (TPSA) is 155 Å². The van der Waals surface area contributed by atoms with Gasteiger partial charge in [-0.05, 0) is 35.0 Å². The van der Waals surface area contributed by atoms with E-state index in [1.54, 1.807) is 54.6 Å². The predicted molar refractivity (Wildman–Crippen MR) is 124 cm³/mol. The Labute approximate surface area is 197 Å². The number of carbonyl (C=O) groups excluding carboxylic acids is 2. The van der Waals surface area contributed by atoms with Crippen LogP contribution >= 0.6 is 0 Å². The number of hydrogen-bond donors (Lipinski definition) is 2. The van der Waals surface area contributed by atoms with Crippen LogP contribution in [0.4, 0.5) is 11.4 Å². The molecular formula is C24H16N6O5. The fraction of sp³-hybridized carbons (Fsp3) is 0.0417. The Balaban J connectivity index is 1.70. The Morgan fingerprint density at radius 3 is 2.40 bits per heavy atom. The van der Waals surface area contributed by atoms with E-state index in [1.807, 2.05) is 0 Å². The minimum atomic E-state index is -1.03. The van der Waals surface area contributed by atoms with Crippen molar-refractivity contribution in [3.8, 4) is 11.4 Å². The summed E-state index contributed by atoms with van der Waals surface area (Å²) in [5.41, 5.74) is 1.40. The average molecular weight is 468 g/mol. The number of anilines is 1. The maximum absolute atomic E-state index is 13.3. The third kappa shape index (κ3) is 3.80. The largest absolute Gasteiger partial charge is 0.507 e. The number of aliphatic hydroxyl groups is 1. The first kappa shape index (κ1) is 21.6. The molecule has 1 unspecified atom stereocenters. The van der Waals surface area contributed by atoms with Crippen molar-refractivity contribution in [3.05, 3.63) is 106 Å². The molecule has 172 valence electrons. The number of Topliss-reactive ketones (excluding diaryl/α,β-unsaturated/α-hetero) is 1. The van der Waals surface area contributed by atoms with Crippen molar-refractivity contribution < 1.29 is 19.6 Å². The zero-order valence-electron chi connectivity index (χ0n) is 17.9. The number of nitrogens with zero attached hydrogens (tertiary/aromatic N) is 5. The van der Waals surface area contributed by atoms with Crippen molar-refractivity contribution in [1.82, 2.24) is 20.6 Å². The van der Waals surface area contributed by atoms with Gasteiger partial charge in [0.2, 0.25) is 5.82 Å². The fourth-order valence-electron chi connectivity index (χ4n) is 4.02. The van der Waals surface area contributed by atoms with Gasteiger partial charge in [0.15, 0.2) is 0 Å². The molecule has 2 heterocycles. The van der Waals surface area contributed by atoms with Crippen LogP contribution in [-0.2, 0) is 9.59 Å². The number of tetrazole rings is 1. The molecule has 5 rings (SSSR count). The SMILES string of the molecule is O=C1C(=O)N(c2cccc(-c3nn[nH]n3)c2)C(c2ccc([N+](=O)[O-])cc2)/C1=C(\O)c1ccccc1. The molecule has 11 heteroatoms. The molecule has 35 heavy (non-hydrogen) atoms. The third-order valence-corrected chi connectivity index (χ3v) is 5.64. The normalized spacial score (nSPS) is 17.0. The first-order valence-electron chi connectivity index (χ1n) is 10.4. The molecule has 2 N–H and O–H groups in total. The molecule has 4 aromatic rings. The van der Waals surface area contributed by atoms with E-state index in [4.69, 9.17) is 0 Å². The fourth-order valence-corrected chi connectivity index (χ4v) is 4.02. The van der Waals surface area contributed by atoms with Gasteiger partial charge in [-0.1, -0.05) is 42.5 Å². The smallest absolute Gasteiger partial charge is 0.300 e. The molecular weight excluding hydrogens is 452 g/mol. The highest BCUT2D eigenvalue weighted by Gasteiger charge is 2.47. The van der Waals surface area contributed by atoms with E-state index in [9.17, 15) is 24.8 Å². The van der Waals surface area contributed by atoms with Crippen molar-refractivity contribution >= 4 is 28.8 Å². The Kier molecular flexibility index (Phi) is 5.34. The maximum Gasteiger partial charge on any atom is 0.300 e. The lowest BCUT2D eigenvalue weighted by Gasteiger charge is -2.25. The standard InChI is InChI=1S/C24H16N6O5/c31-21(15-5-2-1-3-6-15)19-20(14-9-11-17(12-10-14)30(34)35)29(24(33)22(19)32)18-8-4-7-16(13-18)23-25-27-28-26-23/h1-13,20,31H,(H,25,26,27,28)/b21-19+. The lowest BCUT2D eigenvalue weighted by molar-refractivity contribution is -0.384. The number of ketones is 1. The van der Waals surface area contributed by atoms with Gasteiger partial charge in [-0.15, -0.1) is 10.2 Å². The van der Waals surface area contributed by atoms with Gasteiger partial charge in [0, 0.05) is 28.9 Å². The summed E-state index contributed by atoms with van der Waals surface area (Å²) in [5.74, 6) is -1.78. The molecule has 1 atom stereocenters. The van der Waals surface area contributed by atoms with E-state index in [0.717, 1.165) is 0 Å². The zero-order valence-corrected chi connectivity index (χ0v) is 17.9. The summed E-state index contributed by atoms with van der Waals surface area (Å²) in [6.45, 7) is 0. The van der Waals surface area contributed by atoms with Crippen LogP contribution in [0.3, 0.4) is 0 Å². The second kappa shape index (κ2) is 8.63. The lowest BCUT2D eigenvalue weighted by Crippen LogP contribution is -2.29. The van der Waals surface area contributed by atoms with Crippen molar-refractivity contribution in [1.29, 1.82) is 0 Å². The van der Waals surface area contributed by atoms with Crippen molar-refractivity contribution in [2.75, 3.05) is 4.90 Å². The minimum Gasteiger partial charge on any atom is -0.507 e. The number of non-ortho nitro benzene ring substituents is 1. The molecule has 1 fully saturated rings. The van der Waals surface area contributed by atoms with Crippen molar-refractivity contribution in [3.63, 3.8) is 0 Å². The van der Waals surface area contributed by atoms with Crippen LogP contribution in [0.25, 0.3) is 17.1 Å². The second-order valence-electron chi connectivity index (χ2n) is 7.67. The Hall–Kier alpha value is -5.19. The van der Waals surface area contributed by atoms with Crippen molar-refractivity contribution in [2.24, 2.45) is 0 Å². The molecule has 1 saturated heterocycles. The molecule has 11 nitrogen and oxygen atoms in total. The monoisotopic (exact) mass is 468 g/mol. The number of rotatable bonds is 5. The van der Waals surface area contributed by atoms with E-state index >= 15 is 0 Å². The molecule has 1 aromatic heterocycles. The van der Waals surface area contributed by atoms with Gasteiger partial charge >= 0.3 is 0 Å². The molecule has 0 saturated carbocycles. The number of H-pyrrole nitrogens is 1. The van der Waals surface area contributed by atoms with E-state index in [2.05, 4.69) is 20.6 Å². The van der Waals surface area contributed by atoms with E-state index in [-0.39, 0.29) is 17.0 Å². The third-order valence-electron chi connectivity index (χ3n) is 5.64. The maximum atomic E-state index is 13.3. The van der Waals surface area contributed by atoms with Crippen molar-refractivity contribution in [2.45, 2.75) is 6.04 Å². The molecule has 3 aromatic carbocycles. The number of nitrogens with one attached hydrogen (secondary N) is 1. The van der Waals surface area contributed by atoms with Gasteiger partial charge in [-0.25, -0.2) is 0 Å². The van der Waals surface area contributed by atoms with E-state index < -0.39 is 22.7 Å². The molecule has 0 aliphatic carbocycles. The molecule has 0 spiro atoms. The number of nitro benzene ring substituents is 1. The molecule has 1 aliphatic heterocycles. The Bertz CT molecular complexity index is 1470. The molecule has 0 radical (unpaired) electrons. The van der Waals surface area contributed by atoms with Crippen LogP contribution in [0.1, 0.15) is 17.2 Å². The number of nitro groups is 1. The summed E-state index contributed by atoms with van der Waals surface area (Å²) in [6.07, 6.45) is 0. The first-order valence-corrected chi connectivity index (χ1v) is 10.4. The average Bonchev–Trinajstić information content (AvgIpc) is 3.52. The number of hydrogen-bond acceptors (Lipinski definition) is 8. The van der Waals surface area contributed by atoms with Gasteiger partial charge in [0.25, 0.3) is 17.4 Å². The van der Waals surface area contributed by atoms with Gasteiger partial charge < -0.3 is 5.11 Å². The summed E-state index contributed by atoms with van der Waals surface area (Å²) in [6, 6.07) is 19.5. The van der Waals surface area contributed by atoms with Gasteiger partial charge in [0.1, 0.15) is 5.76 Å². The summed E-state index contributed by atoms with van der Waals surface area (Å²) < 4.78 is 0. The minimum absolute atomic E-state index is 0.125. The Morgan fingerprint density at radius 2 is 1.74 bits per heavy atom. The molecule has 1 amide bonds. The summed E-state index contributed by atoms with van der Waals surface area (Å²) in [5, 5.41) is 36.0. The van der Waals surface area contributed by atoms with Crippen LogP contribution in [-0.4, -0.2) is 42.3 Å². The summed E-state index contributed by atoms with van der Waals surface area (Å²) >= 11 is 0. The quantitative estimate of drug-likeness (QED) is 0.148. The lowest BCUT2D eigenvalue weighted by atomic mass is 9.95. The first-order chi connectivity index (χ1) is 17.0. The van der Waals surface area contributed by atoms with E-state index in [0.29, 0.717) is 28.2 Å². The number of aromatic amines is 1. The highest BCUT2D eigenvalue weighted by atomic mass is 16.6. The summed E-state index contributed by atoms with van der Waals surface area (Å²) in [7, 11) is 0. The highest BCUT2D eigenvalue weighted by molar-refractivity contribution is 6.51. The van der Waals surface area contributed by atoms with Gasteiger partial charge in [-0.3, -0.25) is 24.6 Å². The number of amides is 1. The molecule has 1 aliphatic rings. The molecule has 0 bridgehead atoms. The Morgan fingerprint density at radius 1 is 1.00 bits per heavy atom. The predicted octanol–water partition coefficient (Wildman–Crippen LogP) is 3.40. The van der Waals surface area contributed by atoms with Gasteiger partial charge in [0.05, 0.1) is 16.5 Å². The van der Waals surface area contributed by atoms with Crippen LogP contribution in [0.15, 0.2) is 84.4 Å².